The molecule has 1 aromatic carbocycles. The van der Waals surface area contributed by atoms with Crippen molar-refractivity contribution in [1.29, 1.82) is 0 Å². The Balaban J connectivity index is 2.21. The Labute approximate surface area is 108 Å². The van der Waals surface area contributed by atoms with E-state index in [1.807, 2.05) is 0 Å². The lowest BCUT2D eigenvalue weighted by atomic mass is 10.2. The van der Waals surface area contributed by atoms with Crippen LogP contribution in [0.15, 0.2) is 18.2 Å². The monoisotopic (exact) mass is 271 g/mol. The van der Waals surface area contributed by atoms with Gasteiger partial charge in [0.2, 0.25) is 5.91 Å². The van der Waals surface area contributed by atoms with Crippen LogP contribution in [0, 0.1) is 5.82 Å². The molecule has 2 rings (SSSR count). The average molecular weight is 272 g/mol. The van der Waals surface area contributed by atoms with Crippen molar-refractivity contribution in [3.8, 4) is 0 Å². The molecule has 0 saturated carbocycles. The van der Waals surface area contributed by atoms with Gasteiger partial charge in [-0.1, -0.05) is 17.7 Å². The average Bonchev–Trinajstić information content (AvgIpc) is 2.64. The summed E-state index contributed by atoms with van der Waals surface area (Å²) in [6.07, 6.45) is 0.517. The van der Waals surface area contributed by atoms with Gasteiger partial charge in [-0.2, -0.15) is 0 Å². The fraction of sp³-hybridized carbons (Fsp3) is 0.333. The summed E-state index contributed by atoms with van der Waals surface area (Å²) in [4.78, 5) is 23.9. The summed E-state index contributed by atoms with van der Waals surface area (Å²) in [6, 6.07) is 3.02. The number of likely N-dealkylation sites (tertiary alicyclic amines) is 1. The number of carbonyl (C=O) groups is 2. The largest absolute Gasteiger partial charge is 0.480 e. The highest BCUT2D eigenvalue weighted by molar-refractivity contribution is 6.31. The van der Waals surface area contributed by atoms with E-state index in [1.54, 1.807) is 0 Å². The molecular formula is C12H11ClFNO3. The second-order valence-corrected chi connectivity index (χ2v) is 4.56. The second-order valence-electron chi connectivity index (χ2n) is 4.15. The van der Waals surface area contributed by atoms with E-state index in [0.29, 0.717) is 12.0 Å². The van der Waals surface area contributed by atoms with Gasteiger partial charge in [0.25, 0.3) is 0 Å². The summed E-state index contributed by atoms with van der Waals surface area (Å²) in [6.45, 7) is 0.0922. The van der Waals surface area contributed by atoms with Crippen molar-refractivity contribution in [2.75, 3.05) is 0 Å². The molecule has 6 heteroatoms. The van der Waals surface area contributed by atoms with Crippen LogP contribution in [0.1, 0.15) is 18.4 Å². The van der Waals surface area contributed by atoms with E-state index in [1.165, 1.54) is 17.0 Å². The predicted molar refractivity (Wildman–Crippen MR) is 62.6 cm³/mol. The molecule has 96 valence electrons. The Bertz CT molecular complexity index is 506. The van der Waals surface area contributed by atoms with Gasteiger partial charge >= 0.3 is 5.97 Å². The minimum atomic E-state index is -1.03. The normalized spacial score (nSPS) is 19.3. The minimum Gasteiger partial charge on any atom is -0.480 e. The van der Waals surface area contributed by atoms with E-state index in [-0.39, 0.29) is 23.9 Å². The van der Waals surface area contributed by atoms with Gasteiger partial charge in [0.1, 0.15) is 11.9 Å². The Morgan fingerprint density at radius 1 is 1.56 bits per heavy atom. The van der Waals surface area contributed by atoms with Crippen molar-refractivity contribution >= 4 is 23.5 Å². The van der Waals surface area contributed by atoms with Crippen LogP contribution in [0.5, 0.6) is 0 Å². The lowest BCUT2D eigenvalue weighted by molar-refractivity contribution is -0.146. The molecule has 0 aliphatic carbocycles. The molecule has 0 aromatic heterocycles. The van der Waals surface area contributed by atoms with Crippen LogP contribution in [0.3, 0.4) is 0 Å². The van der Waals surface area contributed by atoms with E-state index in [4.69, 9.17) is 16.7 Å². The van der Waals surface area contributed by atoms with Gasteiger partial charge in [-0.15, -0.1) is 0 Å². The zero-order chi connectivity index (χ0) is 13.3. The zero-order valence-corrected chi connectivity index (χ0v) is 10.2. The first-order chi connectivity index (χ1) is 8.49. The molecule has 1 aliphatic rings. The molecule has 1 fully saturated rings. The van der Waals surface area contributed by atoms with Crippen LogP contribution >= 0.6 is 11.6 Å². The molecule has 1 atom stereocenters. The summed E-state index contributed by atoms with van der Waals surface area (Å²) in [7, 11) is 0. The van der Waals surface area contributed by atoms with Gasteiger partial charge in [0.05, 0.1) is 0 Å². The van der Waals surface area contributed by atoms with Crippen molar-refractivity contribution in [2.45, 2.75) is 25.4 Å². The summed E-state index contributed by atoms with van der Waals surface area (Å²) < 4.78 is 12.9. The molecule has 1 aromatic rings. The summed E-state index contributed by atoms with van der Waals surface area (Å²) in [5, 5.41) is 9.20. The summed E-state index contributed by atoms with van der Waals surface area (Å²) in [5.41, 5.74) is 0.541. The molecule has 0 spiro atoms. The number of hydrogen-bond donors (Lipinski definition) is 1. The van der Waals surface area contributed by atoms with Gasteiger partial charge in [-0.25, -0.2) is 9.18 Å². The third-order valence-corrected chi connectivity index (χ3v) is 3.32. The first-order valence-corrected chi connectivity index (χ1v) is 5.83. The molecule has 18 heavy (non-hydrogen) atoms. The fourth-order valence-electron chi connectivity index (χ4n) is 2.02. The second kappa shape index (κ2) is 4.94. The van der Waals surface area contributed by atoms with Gasteiger partial charge in [0.15, 0.2) is 0 Å². The number of halogens is 2. The summed E-state index contributed by atoms with van der Waals surface area (Å²) in [5.74, 6) is -1.71. The number of benzene rings is 1. The van der Waals surface area contributed by atoms with Gasteiger partial charge in [0, 0.05) is 18.0 Å². The Hall–Kier alpha value is -1.62. The predicted octanol–water partition coefficient (Wildman–Crippen LogP) is 2.05. The Morgan fingerprint density at radius 3 is 2.89 bits per heavy atom. The molecule has 0 bridgehead atoms. The van der Waals surface area contributed by atoms with Gasteiger partial charge in [-0.05, 0) is 24.1 Å². The Morgan fingerprint density at radius 2 is 2.28 bits per heavy atom. The van der Waals surface area contributed by atoms with Crippen molar-refractivity contribution in [3.05, 3.63) is 34.6 Å². The van der Waals surface area contributed by atoms with Crippen molar-refractivity contribution in [2.24, 2.45) is 0 Å². The Kier molecular flexibility index (Phi) is 3.52. The maximum absolute atomic E-state index is 12.9. The third-order valence-electron chi connectivity index (χ3n) is 2.97. The highest BCUT2D eigenvalue weighted by Crippen LogP contribution is 2.25. The molecule has 1 aliphatic heterocycles. The minimum absolute atomic E-state index is 0.0922. The maximum Gasteiger partial charge on any atom is 0.326 e. The van der Waals surface area contributed by atoms with E-state index >= 15 is 0 Å². The van der Waals surface area contributed by atoms with Crippen LogP contribution in [-0.2, 0) is 16.1 Å². The highest BCUT2D eigenvalue weighted by Gasteiger charge is 2.36. The van der Waals surface area contributed by atoms with Gasteiger partial charge in [-0.3, -0.25) is 4.79 Å². The molecule has 1 unspecified atom stereocenters. The number of nitrogens with zero attached hydrogens (tertiary/aromatic N) is 1. The van der Waals surface area contributed by atoms with Crippen molar-refractivity contribution in [1.82, 2.24) is 4.90 Å². The summed E-state index contributed by atoms with van der Waals surface area (Å²) >= 11 is 5.86. The quantitative estimate of drug-likeness (QED) is 0.915. The van der Waals surface area contributed by atoms with Crippen LogP contribution < -0.4 is 0 Å². The number of hydrogen-bond acceptors (Lipinski definition) is 2. The van der Waals surface area contributed by atoms with Gasteiger partial charge < -0.3 is 10.0 Å². The van der Waals surface area contributed by atoms with E-state index < -0.39 is 17.8 Å². The molecule has 1 N–H and O–H groups in total. The number of rotatable bonds is 3. The molecule has 1 heterocycles. The third kappa shape index (κ3) is 2.46. The molecule has 1 saturated heterocycles. The van der Waals surface area contributed by atoms with Crippen molar-refractivity contribution in [3.63, 3.8) is 0 Å². The standard InChI is InChI=1S/C12H11ClFNO3/c13-9-5-8(14)2-1-7(9)6-15-10(12(17)18)3-4-11(15)16/h1-2,5,10H,3-4,6H2,(H,17,18). The topological polar surface area (TPSA) is 57.6 Å². The molecule has 4 nitrogen and oxygen atoms in total. The first-order valence-electron chi connectivity index (χ1n) is 5.45. The van der Waals surface area contributed by atoms with E-state index in [2.05, 4.69) is 0 Å². The SMILES string of the molecule is O=C(O)C1CCC(=O)N1Cc1ccc(F)cc1Cl. The number of aliphatic carboxylic acids is 1. The number of carboxylic acid groups (broad SMARTS) is 1. The first kappa shape index (κ1) is 12.8. The van der Waals surface area contributed by atoms with Crippen LogP contribution in [0.2, 0.25) is 5.02 Å². The van der Waals surface area contributed by atoms with Crippen LogP contribution in [0.25, 0.3) is 0 Å². The number of carboxylic acids is 1. The van der Waals surface area contributed by atoms with E-state index in [9.17, 15) is 14.0 Å². The van der Waals surface area contributed by atoms with Crippen molar-refractivity contribution < 1.29 is 19.1 Å². The molecule has 1 amide bonds. The van der Waals surface area contributed by atoms with E-state index in [0.717, 1.165) is 6.07 Å². The smallest absolute Gasteiger partial charge is 0.326 e. The maximum atomic E-state index is 12.9. The highest BCUT2D eigenvalue weighted by atomic mass is 35.5. The lowest BCUT2D eigenvalue weighted by Gasteiger charge is -2.22. The van der Waals surface area contributed by atoms with Crippen LogP contribution in [-0.4, -0.2) is 27.9 Å². The molecular weight excluding hydrogens is 261 g/mol. The zero-order valence-electron chi connectivity index (χ0n) is 9.40. The van der Waals surface area contributed by atoms with Crippen LogP contribution in [0.4, 0.5) is 4.39 Å². The lowest BCUT2D eigenvalue weighted by Crippen LogP contribution is -2.37. The molecule has 0 radical (unpaired) electrons. The fourth-order valence-corrected chi connectivity index (χ4v) is 2.25. The number of carbonyl (C=O) groups excluding carboxylic acids is 1. The number of amides is 1.